The van der Waals surface area contributed by atoms with E-state index in [1.807, 2.05) is 6.92 Å². The van der Waals surface area contributed by atoms with Gasteiger partial charge in [-0.1, -0.05) is 19.8 Å². The molecule has 2 fully saturated rings. The van der Waals surface area contributed by atoms with Crippen molar-refractivity contribution in [2.45, 2.75) is 38.6 Å². The highest BCUT2D eigenvalue weighted by Crippen LogP contribution is 2.32. The summed E-state index contributed by atoms with van der Waals surface area (Å²) in [7, 11) is 2.93. The largest absolute Gasteiger partial charge is 0.493 e. The Bertz CT molecular complexity index is 821. The fourth-order valence-electron chi connectivity index (χ4n) is 3.88. The number of ketones is 1. The Morgan fingerprint density at radius 3 is 2.36 bits per heavy atom. The van der Waals surface area contributed by atoms with E-state index in [2.05, 4.69) is 0 Å². The molecule has 0 aromatic heterocycles. The summed E-state index contributed by atoms with van der Waals surface area (Å²) in [6, 6.07) is 3.58. The molecule has 150 valence electrons. The number of carbonyl (C=O) groups is 4. The second-order valence-electron chi connectivity index (χ2n) is 7.17. The minimum atomic E-state index is -0.948. The van der Waals surface area contributed by atoms with Crippen LogP contribution in [0.1, 0.15) is 43.0 Å². The summed E-state index contributed by atoms with van der Waals surface area (Å²) in [5.41, 5.74) is 0.259. The fraction of sp³-hybridized carbons (Fsp3) is 0.500. The van der Waals surface area contributed by atoms with Gasteiger partial charge in [0.2, 0.25) is 0 Å². The zero-order valence-electron chi connectivity index (χ0n) is 16.3. The standard InChI is InChI=1S/C20H24N2O6/c1-12-6-4-5-7-14(12)22-19(25)18(24)21(20(22)26)11-15(23)13-8-9-16(27-2)17(10-13)28-3/h8-10,12,14H,4-7,11H2,1-3H3/t12-,14-/m0/s1. The van der Waals surface area contributed by atoms with Crippen molar-refractivity contribution in [3.05, 3.63) is 23.8 Å². The average Bonchev–Trinajstić information content (AvgIpc) is 2.91. The second kappa shape index (κ2) is 8.00. The van der Waals surface area contributed by atoms with Gasteiger partial charge in [0.1, 0.15) is 0 Å². The number of benzene rings is 1. The van der Waals surface area contributed by atoms with Gasteiger partial charge in [-0.15, -0.1) is 0 Å². The van der Waals surface area contributed by atoms with E-state index in [0.29, 0.717) is 17.9 Å². The second-order valence-corrected chi connectivity index (χ2v) is 7.17. The number of hydrogen-bond donors (Lipinski definition) is 0. The highest BCUT2D eigenvalue weighted by atomic mass is 16.5. The molecule has 2 aliphatic rings. The summed E-state index contributed by atoms with van der Waals surface area (Å²) in [5, 5.41) is 0. The minimum absolute atomic E-state index is 0.135. The molecule has 0 N–H and O–H groups in total. The summed E-state index contributed by atoms with van der Waals surface area (Å²) >= 11 is 0. The van der Waals surface area contributed by atoms with Crippen LogP contribution >= 0.6 is 0 Å². The molecule has 1 heterocycles. The topological polar surface area (TPSA) is 93.2 Å². The molecule has 1 aliphatic carbocycles. The van der Waals surface area contributed by atoms with E-state index in [0.717, 1.165) is 29.1 Å². The molecule has 1 aromatic carbocycles. The zero-order valence-corrected chi connectivity index (χ0v) is 16.3. The Kier molecular flexibility index (Phi) is 5.67. The maximum Gasteiger partial charge on any atom is 0.334 e. The smallest absolute Gasteiger partial charge is 0.334 e. The van der Waals surface area contributed by atoms with E-state index in [9.17, 15) is 19.2 Å². The van der Waals surface area contributed by atoms with Gasteiger partial charge in [-0.05, 0) is 37.0 Å². The number of methoxy groups -OCH3 is 2. The summed E-state index contributed by atoms with van der Waals surface area (Å²) in [4.78, 5) is 52.0. The third-order valence-corrected chi connectivity index (χ3v) is 5.49. The summed E-state index contributed by atoms with van der Waals surface area (Å²) in [6.07, 6.45) is 3.54. The Morgan fingerprint density at radius 2 is 1.71 bits per heavy atom. The molecule has 3 rings (SSSR count). The van der Waals surface area contributed by atoms with Crippen LogP contribution in [0.25, 0.3) is 0 Å². The lowest BCUT2D eigenvalue weighted by Crippen LogP contribution is -2.46. The van der Waals surface area contributed by atoms with Crippen LogP contribution < -0.4 is 9.47 Å². The van der Waals surface area contributed by atoms with Crippen LogP contribution in [-0.2, 0) is 9.59 Å². The van der Waals surface area contributed by atoms with Gasteiger partial charge < -0.3 is 9.47 Å². The molecule has 1 saturated heterocycles. The van der Waals surface area contributed by atoms with Crippen LogP contribution in [0.2, 0.25) is 0 Å². The normalized spacial score (nSPS) is 22.6. The molecular formula is C20H24N2O6. The lowest BCUT2D eigenvalue weighted by Gasteiger charge is -2.34. The molecule has 1 aliphatic heterocycles. The van der Waals surface area contributed by atoms with Crippen LogP contribution in [-0.4, -0.2) is 60.2 Å². The summed E-state index contributed by atoms with van der Waals surface area (Å²) in [6.45, 7) is 1.49. The maximum atomic E-state index is 12.8. The van der Waals surface area contributed by atoms with Gasteiger partial charge in [0.25, 0.3) is 0 Å². The SMILES string of the molecule is COc1ccc(C(=O)CN2C(=O)C(=O)N([C@H]3CCCC[C@@H]3C)C2=O)cc1OC. The fourth-order valence-corrected chi connectivity index (χ4v) is 3.88. The molecular weight excluding hydrogens is 364 g/mol. The van der Waals surface area contributed by atoms with Gasteiger partial charge in [-0.2, -0.15) is 0 Å². The van der Waals surface area contributed by atoms with Gasteiger partial charge in [-0.3, -0.25) is 19.3 Å². The van der Waals surface area contributed by atoms with E-state index < -0.39 is 30.2 Å². The van der Waals surface area contributed by atoms with Crippen molar-refractivity contribution < 1.29 is 28.7 Å². The number of ether oxygens (including phenoxy) is 2. The Labute approximate surface area is 163 Å². The molecule has 0 unspecified atom stereocenters. The van der Waals surface area contributed by atoms with Crippen LogP contribution in [0.5, 0.6) is 11.5 Å². The highest BCUT2D eigenvalue weighted by Gasteiger charge is 2.49. The number of amides is 4. The van der Waals surface area contributed by atoms with Crippen LogP contribution in [0, 0.1) is 5.92 Å². The Balaban J connectivity index is 1.78. The third-order valence-electron chi connectivity index (χ3n) is 5.49. The Morgan fingerprint density at radius 1 is 1.04 bits per heavy atom. The average molecular weight is 388 g/mol. The van der Waals surface area contributed by atoms with Gasteiger partial charge in [-0.25, -0.2) is 9.69 Å². The van der Waals surface area contributed by atoms with Crippen LogP contribution in [0.4, 0.5) is 4.79 Å². The summed E-state index contributed by atoms with van der Waals surface area (Å²) in [5.74, 6) is -1.30. The predicted molar refractivity (Wildman–Crippen MR) is 99.3 cm³/mol. The monoisotopic (exact) mass is 388 g/mol. The number of nitrogens with zero attached hydrogens (tertiary/aromatic N) is 2. The molecule has 0 radical (unpaired) electrons. The van der Waals surface area contributed by atoms with E-state index in [4.69, 9.17) is 9.47 Å². The number of Topliss-reactive ketones (excluding diaryl/α,β-unsaturated/α-hetero) is 1. The molecule has 8 heteroatoms. The predicted octanol–water partition coefficient (Wildman–Crippen LogP) is 2.26. The minimum Gasteiger partial charge on any atom is -0.493 e. The number of rotatable bonds is 6. The van der Waals surface area contributed by atoms with Crippen molar-refractivity contribution in [3.8, 4) is 11.5 Å². The first-order chi connectivity index (χ1) is 13.4. The van der Waals surface area contributed by atoms with E-state index >= 15 is 0 Å². The molecule has 1 aromatic rings. The van der Waals surface area contributed by atoms with Crippen LogP contribution in [0.15, 0.2) is 18.2 Å². The molecule has 28 heavy (non-hydrogen) atoms. The first-order valence-electron chi connectivity index (χ1n) is 9.33. The van der Waals surface area contributed by atoms with Gasteiger partial charge in [0.05, 0.1) is 20.8 Å². The lowest BCUT2D eigenvalue weighted by atomic mass is 9.85. The highest BCUT2D eigenvalue weighted by molar-refractivity contribution is 6.45. The van der Waals surface area contributed by atoms with Crippen molar-refractivity contribution in [1.82, 2.24) is 9.80 Å². The van der Waals surface area contributed by atoms with Crippen LogP contribution in [0.3, 0.4) is 0 Å². The third kappa shape index (κ3) is 3.46. The van der Waals surface area contributed by atoms with Crippen molar-refractivity contribution in [3.63, 3.8) is 0 Å². The maximum absolute atomic E-state index is 12.8. The first-order valence-corrected chi connectivity index (χ1v) is 9.33. The van der Waals surface area contributed by atoms with Gasteiger partial charge in [0, 0.05) is 11.6 Å². The van der Waals surface area contributed by atoms with E-state index in [1.165, 1.54) is 26.4 Å². The quantitative estimate of drug-likeness (QED) is 0.422. The van der Waals surface area contributed by atoms with E-state index in [-0.39, 0.29) is 17.5 Å². The van der Waals surface area contributed by atoms with Crippen molar-refractivity contribution >= 4 is 23.6 Å². The van der Waals surface area contributed by atoms with Crippen molar-refractivity contribution in [2.75, 3.05) is 20.8 Å². The van der Waals surface area contributed by atoms with Crippen molar-refractivity contribution in [1.29, 1.82) is 0 Å². The molecule has 1 saturated carbocycles. The lowest BCUT2D eigenvalue weighted by molar-refractivity contribution is -0.144. The zero-order chi connectivity index (χ0) is 20.4. The first kappa shape index (κ1) is 19.9. The molecule has 2 atom stereocenters. The number of urea groups is 1. The Hall–Kier alpha value is -2.90. The molecule has 4 amide bonds. The van der Waals surface area contributed by atoms with Gasteiger partial charge in [0.15, 0.2) is 17.3 Å². The number of carbonyl (C=O) groups excluding carboxylic acids is 4. The number of imide groups is 2. The van der Waals surface area contributed by atoms with Gasteiger partial charge >= 0.3 is 17.8 Å². The summed E-state index contributed by atoms with van der Waals surface area (Å²) < 4.78 is 10.3. The number of hydrogen-bond acceptors (Lipinski definition) is 6. The van der Waals surface area contributed by atoms with E-state index in [1.54, 1.807) is 6.07 Å². The molecule has 0 spiro atoms. The molecule has 8 nitrogen and oxygen atoms in total. The molecule has 0 bridgehead atoms. The van der Waals surface area contributed by atoms with Crippen molar-refractivity contribution in [2.24, 2.45) is 5.92 Å².